The second-order valence-corrected chi connectivity index (χ2v) is 4.65. The van der Waals surface area contributed by atoms with E-state index in [2.05, 4.69) is 22.3 Å². The molecular formula is C16H16N2O3. The highest BCUT2D eigenvalue weighted by Crippen LogP contribution is 2.13. The van der Waals surface area contributed by atoms with Crippen LogP contribution in [0.1, 0.15) is 33.6 Å². The van der Waals surface area contributed by atoms with Gasteiger partial charge in [0.1, 0.15) is 0 Å². The van der Waals surface area contributed by atoms with Crippen LogP contribution in [0.4, 0.5) is 5.88 Å². The lowest BCUT2D eigenvalue weighted by Gasteiger charge is -2.04. The Bertz CT molecular complexity index is 708. The van der Waals surface area contributed by atoms with Gasteiger partial charge in [-0.05, 0) is 37.6 Å². The number of amides is 1. The molecule has 0 fully saturated rings. The van der Waals surface area contributed by atoms with Crippen LogP contribution < -0.4 is 5.32 Å². The molecule has 0 aliphatic rings. The predicted molar refractivity (Wildman–Crippen MR) is 79.0 cm³/mol. The molecule has 1 heterocycles. The van der Waals surface area contributed by atoms with Gasteiger partial charge in [0.05, 0.1) is 12.3 Å². The zero-order valence-corrected chi connectivity index (χ0v) is 11.9. The van der Waals surface area contributed by atoms with Gasteiger partial charge in [0, 0.05) is 23.6 Å². The molecule has 1 aromatic heterocycles. The van der Waals surface area contributed by atoms with Crippen LogP contribution in [0.25, 0.3) is 0 Å². The summed E-state index contributed by atoms with van der Waals surface area (Å²) in [7, 11) is 0. The van der Waals surface area contributed by atoms with Gasteiger partial charge in [-0.2, -0.15) is 0 Å². The van der Waals surface area contributed by atoms with Gasteiger partial charge in [-0.15, -0.1) is 0 Å². The van der Waals surface area contributed by atoms with E-state index in [9.17, 15) is 4.79 Å². The monoisotopic (exact) mass is 284 g/mol. The maximum atomic E-state index is 12.2. The van der Waals surface area contributed by atoms with Gasteiger partial charge in [-0.1, -0.05) is 17.0 Å². The first-order chi connectivity index (χ1) is 10.1. The van der Waals surface area contributed by atoms with Crippen LogP contribution in [-0.4, -0.2) is 22.8 Å². The largest absolute Gasteiger partial charge is 0.395 e. The molecule has 0 aliphatic carbocycles. The lowest BCUT2D eigenvalue weighted by atomic mass is 10.1. The van der Waals surface area contributed by atoms with Crippen molar-refractivity contribution in [2.24, 2.45) is 0 Å². The number of carbonyl (C=O) groups excluding carboxylic acids is 1. The van der Waals surface area contributed by atoms with Crippen molar-refractivity contribution < 1.29 is 14.4 Å². The van der Waals surface area contributed by atoms with Gasteiger partial charge < -0.3 is 9.63 Å². The minimum atomic E-state index is -0.278. The summed E-state index contributed by atoms with van der Waals surface area (Å²) in [5.41, 5.74) is 2.87. The number of benzene rings is 1. The van der Waals surface area contributed by atoms with Crippen LogP contribution in [-0.2, 0) is 0 Å². The number of anilines is 1. The molecule has 0 radical (unpaired) electrons. The van der Waals surface area contributed by atoms with Gasteiger partial charge in [-0.25, -0.2) is 0 Å². The maximum absolute atomic E-state index is 12.2. The van der Waals surface area contributed by atoms with Crippen molar-refractivity contribution in [1.29, 1.82) is 0 Å². The van der Waals surface area contributed by atoms with E-state index in [1.807, 2.05) is 13.0 Å². The minimum absolute atomic E-state index is 0.0248. The van der Waals surface area contributed by atoms with Crippen molar-refractivity contribution in [2.45, 2.75) is 20.3 Å². The van der Waals surface area contributed by atoms with Crippen molar-refractivity contribution >= 4 is 11.8 Å². The second-order valence-electron chi connectivity index (χ2n) is 4.65. The highest BCUT2D eigenvalue weighted by atomic mass is 16.5. The van der Waals surface area contributed by atoms with Gasteiger partial charge in [0.25, 0.3) is 5.91 Å². The SMILES string of the molecule is Cc1cc(C#CCCO)cc(C(=O)Nc2cc(C)no2)c1. The number of aliphatic hydroxyl groups is 1. The molecule has 2 aromatic rings. The predicted octanol–water partition coefficient (Wildman–Crippen LogP) is 2.28. The molecular weight excluding hydrogens is 268 g/mol. The normalized spacial score (nSPS) is 9.86. The Balaban J connectivity index is 2.19. The van der Waals surface area contributed by atoms with Crippen molar-refractivity contribution in [2.75, 3.05) is 11.9 Å². The molecule has 0 atom stereocenters. The van der Waals surface area contributed by atoms with Crippen LogP contribution in [0.2, 0.25) is 0 Å². The number of hydrogen-bond acceptors (Lipinski definition) is 4. The van der Waals surface area contributed by atoms with Crippen LogP contribution in [0.3, 0.4) is 0 Å². The summed E-state index contributed by atoms with van der Waals surface area (Å²) in [6, 6.07) is 7.02. The molecule has 0 unspecified atom stereocenters. The smallest absolute Gasteiger partial charge is 0.258 e. The van der Waals surface area contributed by atoms with Crippen LogP contribution in [0.5, 0.6) is 0 Å². The zero-order valence-electron chi connectivity index (χ0n) is 11.9. The molecule has 2 N–H and O–H groups in total. The quantitative estimate of drug-likeness (QED) is 0.848. The standard InChI is InChI=1S/C16H16N2O3/c1-11-7-13(5-3-4-6-19)10-14(8-11)16(20)17-15-9-12(2)18-21-15/h7-10,19H,4,6H2,1-2H3,(H,17,20). The number of aromatic nitrogens is 1. The van der Waals surface area contributed by atoms with Gasteiger partial charge in [0.2, 0.25) is 5.88 Å². The molecule has 21 heavy (non-hydrogen) atoms. The van der Waals surface area contributed by atoms with Crippen molar-refractivity contribution in [3.8, 4) is 11.8 Å². The van der Waals surface area contributed by atoms with Crippen LogP contribution >= 0.6 is 0 Å². The summed E-state index contributed by atoms with van der Waals surface area (Å²) in [6.07, 6.45) is 0.410. The van der Waals surface area contributed by atoms with E-state index in [1.54, 1.807) is 25.1 Å². The fourth-order valence-corrected chi connectivity index (χ4v) is 1.81. The fourth-order valence-electron chi connectivity index (χ4n) is 1.81. The Morgan fingerprint density at radius 2 is 2.14 bits per heavy atom. The topological polar surface area (TPSA) is 75.4 Å². The average molecular weight is 284 g/mol. The molecule has 1 amide bonds. The van der Waals surface area contributed by atoms with E-state index in [1.165, 1.54) is 0 Å². The summed E-state index contributed by atoms with van der Waals surface area (Å²) in [6.45, 7) is 3.70. The lowest BCUT2D eigenvalue weighted by Crippen LogP contribution is -2.11. The number of aryl methyl sites for hydroxylation is 2. The molecule has 0 aliphatic heterocycles. The number of aliphatic hydroxyl groups excluding tert-OH is 1. The van der Waals surface area contributed by atoms with E-state index >= 15 is 0 Å². The Hall–Kier alpha value is -2.58. The summed E-state index contributed by atoms with van der Waals surface area (Å²) < 4.78 is 4.96. The first-order valence-corrected chi connectivity index (χ1v) is 6.54. The summed E-state index contributed by atoms with van der Waals surface area (Å²) in [4.78, 5) is 12.2. The van der Waals surface area contributed by atoms with Crippen molar-refractivity contribution in [3.05, 3.63) is 46.6 Å². The third-order valence-corrected chi connectivity index (χ3v) is 2.67. The van der Waals surface area contributed by atoms with Gasteiger partial charge in [-0.3, -0.25) is 10.1 Å². The number of nitrogens with zero attached hydrogens (tertiary/aromatic N) is 1. The van der Waals surface area contributed by atoms with E-state index in [0.29, 0.717) is 23.6 Å². The Kier molecular flexibility index (Phi) is 4.75. The van der Waals surface area contributed by atoms with Gasteiger partial charge >= 0.3 is 0 Å². The van der Waals surface area contributed by atoms with Crippen molar-refractivity contribution in [3.63, 3.8) is 0 Å². The van der Waals surface area contributed by atoms with Crippen LogP contribution in [0, 0.1) is 25.7 Å². The van der Waals surface area contributed by atoms with E-state index in [0.717, 1.165) is 11.1 Å². The third-order valence-electron chi connectivity index (χ3n) is 2.67. The molecule has 1 aromatic carbocycles. The summed E-state index contributed by atoms with van der Waals surface area (Å²) in [5, 5.41) is 15.1. The summed E-state index contributed by atoms with van der Waals surface area (Å²) >= 11 is 0. The molecule has 0 saturated heterocycles. The second kappa shape index (κ2) is 6.73. The molecule has 5 heteroatoms. The Labute approximate surface area is 123 Å². The highest BCUT2D eigenvalue weighted by molar-refractivity contribution is 6.03. The maximum Gasteiger partial charge on any atom is 0.258 e. The third kappa shape index (κ3) is 4.20. The Morgan fingerprint density at radius 1 is 1.33 bits per heavy atom. The minimum Gasteiger partial charge on any atom is -0.395 e. The zero-order chi connectivity index (χ0) is 15.2. The van der Waals surface area contributed by atoms with E-state index in [4.69, 9.17) is 9.63 Å². The first-order valence-electron chi connectivity index (χ1n) is 6.54. The molecule has 0 spiro atoms. The Morgan fingerprint density at radius 3 is 2.81 bits per heavy atom. The average Bonchev–Trinajstić information content (AvgIpc) is 2.84. The highest BCUT2D eigenvalue weighted by Gasteiger charge is 2.10. The molecule has 5 nitrogen and oxygen atoms in total. The first kappa shape index (κ1) is 14.8. The number of carbonyl (C=O) groups is 1. The molecule has 2 rings (SSSR count). The number of hydrogen-bond donors (Lipinski definition) is 2. The lowest BCUT2D eigenvalue weighted by molar-refractivity contribution is 0.102. The van der Waals surface area contributed by atoms with E-state index < -0.39 is 0 Å². The molecule has 0 bridgehead atoms. The molecule has 108 valence electrons. The fraction of sp³-hybridized carbons (Fsp3) is 0.250. The van der Waals surface area contributed by atoms with Crippen molar-refractivity contribution in [1.82, 2.24) is 5.16 Å². The van der Waals surface area contributed by atoms with Crippen LogP contribution in [0.15, 0.2) is 28.8 Å². The molecule has 0 saturated carbocycles. The number of rotatable bonds is 3. The summed E-state index contributed by atoms with van der Waals surface area (Å²) in [5.74, 6) is 5.80. The van der Waals surface area contributed by atoms with E-state index in [-0.39, 0.29) is 12.5 Å². The number of nitrogens with one attached hydrogen (secondary N) is 1. The van der Waals surface area contributed by atoms with Gasteiger partial charge in [0.15, 0.2) is 0 Å².